The molecule has 0 saturated heterocycles. The second-order valence-electron chi connectivity index (χ2n) is 3.65. The third-order valence-corrected chi connectivity index (χ3v) is 2.27. The van der Waals surface area contributed by atoms with E-state index in [-0.39, 0.29) is 0 Å². The van der Waals surface area contributed by atoms with Crippen LogP contribution in [0.15, 0.2) is 18.3 Å². The van der Waals surface area contributed by atoms with Crippen LogP contribution in [0.5, 0.6) is 0 Å². The molecule has 0 radical (unpaired) electrons. The van der Waals surface area contributed by atoms with Gasteiger partial charge < -0.3 is 10.1 Å². The van der Waals surface area contributed by atoms with Crippen molar-refractivity contribution in [3.8, 4) is 0 Å². The molecule has 0 spiro atoms. The zero-order valence-corrected chi connectivity index (χ0v) is 9.62. The fraction of sp³-hybridized carbons (Fsp3) is 0.583. The second-order valence-corrected chi connectivity index (χ2v) is 3.65. The first-order valence-corrected chi connectivity index (χ1v) is 5.44. The molecular formula is C12H20N2O. The second kappa shape index (κ2) is 7.37. The molecule has 0 atom stereocenters. The molecule has 15 heavy (non-hydrogen) atoms. The number of aromatic nitrogens is 1. The van der Waals surface area contributed by atoms with Gasteiger partial charge in [0.25, 0.3) is 0 Å². The molecule has 0 aromatic carbocycles. The fourth-order valence-corrected chi connectivity index (χ4v) is 1.36. The Kier molecular flexibility index (Phi) is 5.97. The first-order chi connectivity index (χ1) is 7.33. The van der Waals surface area contributed by atoms with Crippen molar-refractivity contribution in [3.05, 3.63) is 29.6 Å². The Morgan fingerprint density at radius 2 is 2.20 bits per heavy atom. The fourth-order valence-electron chi connectivity index (χ4n) is 1.36. The Hall–Kier alpha value is -0.930. The number of pyridine rings is 1. The maximum absolute atomic E-state index is 4.95. The van der Waals surface area contributed by atoms with Crippen molar-refractivity contribution >= 4 is 0 Å². The van der Waals surface area contributed by atoms with E-state index in [1.807, 2.05) is 13.1 Å². The number of ether oxygens (including phenoxy) is 1. The van der Waals surface area contributed by atoms with Gasteiger partial charge in [-0.3, -0.25) is 4.98 Å². The highest BCUT2D eigenvalue weighted by Gasteiger charge is 1.93. The smallest absolute Gasteiger partial charge is 0.0587 e. The summed E-state index contributed by atoms with van der Waals surface area (Å²) in [6.45, 7) is 4.77. The van der Waals surface area contributed by atoms with Crippen LogP contribution in [-0.4, -0.2) is 31.8 Å². The van der Waals surface area contributed by atoms with E-state index in [1.54, 1.807) is 7.11 Å². The number of rotatable bonds is 7. The first kappa shape index (κ1) is 12.1. The standard InChI is InChI=1S/C12H20N2O/c1-11-5-6-12(10-14-11)4-3-7-13-8-9-15-2/h5-6,10,13H,3-4,7-9H2,1-2H3. The summed E-state index contributed by atoms with van der Waals surface area (Å²) >= 11 is 0. The van der Waals surface area contributed by atoms with E-state index in [0.29, 0.717) is 0 Å². The Labute approximate surface area is 91.9 Å². The van der Waals surface area contributed by atoms with Gasteiger partial charge in [-0.05, 0) is 37.9 Å². The van der Waals surface area contributed by atoms with E-state index in [1.165, 1.54) is 5.56 Å². The van der Waals surface area contributed by atoms with Crippen LogP contribution in [0.3, 0.4) is 0 Å². The molecule has 0 amide bonds. The first-order valence-electron chi connectivity index (χ1n) is 5.44. The zero-order chi connectivity index (χ0) is 10.9. The van der Waals surface area contributed by atoms with E-state index in [2.05, 4.69) is 22.4 Å². The lowest BCUT2D eigenvalue weighted by Gasteiger charge is -2.04. The van der Waals surface area contributed by atoms with Gasteiger partial charge in [-0.25, -0.2) is 0 Å². The molecule has 1 heterocycles. The van der Waals surface area contributed by atoms with Crippen molar-refractivity contribution in [3.63, 3.8) is 0 Å². The van der Waals surface area contributed by atoms with Gasteiger partial charge in [-0.1, -0.05) is 6.07 Å². The van der Waals surface area contributed by atoms with Gasteiger partial charge in [0.1, 0.15) is 0 Å². The number of nitrogens with one attached hydrogen (secondary N) is 1. The quantitative estimate of drug-likeness (QED) is 0.690. The average molecular weight is 208 g/mol. The maximum atomic E-state index is 4.95. The summed E-state index contributed by atoms with van der Waals surface area (Å²) in [5.41, 5.74) is 2.39. The van der Waals surface area contributed by atoms with E-state index in [9.17, 15) is 0 Å². The third-order valence-electron chi connectivity index (χ3n) is 2.27. The summed E-state index contributed by atoms with van der Waals surface area (Å²) in [4.78, 5) is 4.27. The molecule has 0 fully saturated rings. The van der Waals surface area contributed by atoms with E-state index >= 15 is 0 Å². The van der Waals surface area contributed by atoms with Crippen LogP contribution in [0.4, 0.5) is 0 Å². The molecule has 1 aromatic heterocycles. The van der Waals surface area contributed by atoms with Crippen molar-refractivity contribution in [2.45, 2.75) is 19.8 Å². The van der Waals surface area contributed by atoms with E-state index in [4.69, 9.17) is 4.74 Å². The summed E-state index contributed by atoms with van der Waals surface area (Å²) < 4.78 is 4.95. The van der Waals surface area contributed by atoms with Gasteiger partial charge in [-0.15, -0.1) is 0 Å². The summed E-state index contributed by atoms with van der Waals surface area (Å²) in [5.74, 6) is 0. The molecule has 1 aromatic rings. The predicted octanol–water partition coefficient (Wildman–Crippen LogP) is 1.56. The highest BCUT2D eigenvalue weighted by Crippen LogP contribution is 2.01. The van der Waals surface area contributed by atoms with Gasteiger partial charge in [-0.2, -0.15) is 0 Å². The van der Waals surface area contributed by atoms with Crippen molar-refractivity contribution < 1.29 is 4.74 Å². The monoisotopic (exact) mass is 208 g/mol. The maximum Gasteiger partial charge on any atom is 0.0587 e. The lowest BCUT2D eigenvalue weighted by atomic mass is 10.1. The normalized spacial score (nSPS) is 10.5. The SMILES string of the molecule is COCCNCCCc1ccc(C)nc1. The molecule has 0 aliphatic carbocycles. The number of hydrogen-bond donors (Lipinski definition) is 1. The molecule has 3 heteroatoms. The summed E-state index contributed by atoms with van der Waals surface area (Å²) in [6, 6.07) is 4.21. The molecule has 1 rings (SSSR count). The van der Waals surface area contributed by atoms with Crippen molar-refractivity contribution in [1.29, 1.82) is 0 Å². The summed E-state index contributed by atoms with van der Waals surface area (Å²) in [6.07, 6.45) is 4.20. The molecule has 0 saturated carbocycles. The lowest BCUT2D eigenvalue weighted by molar-refractivity contribution is 0.199. The molecule has 3 nitrogen and oxygen atoms in total. The highest BCUT2D eigenvalue weighted by atomic mass is 16.5. The van der Waals surface area contributed by atoms with Gasteiger partial charge in [0, 0.05) is 25.5 Å². The van der Waals surface area contributed by atoms with Crippen LogP contribution in [0, 0.1) is 6.92 Å². The Morgan fingerprint density at radius 3 is 2.87 bits per heavy atom. The number of aryl methyl sites for hydroxylation is 2. The third kappa shape index (κ3) is 5.50. The highest BCUT2D eigenvalue weighted by molar-refractivity contribution is 5.13. The Bertz CT molecular complexity index is 259. The number of methoxy groups -OCH3 is 1. The summed E-state index contributed by atoms with van der Waals surface area (Å²) in [7, 11) is 1.72. The average Bonchev–Trinajstić information content (AvgIpc) is 2.26. The van der Waals surface area contributed by atoms with Crippen molar-refractivity contribution in [1.82, 2.24) is 10.3 Å². The van der Waals surface area contributed by atoms with Crippen LogP contribution >= 0.6 is 0 Å². The molecule has 0 unspecified atom stereocenters. The molecule has 0 aliphatic rings. The van der Waals surface area contributed by atoms with Crippen molar-refractivity contribution in [2.75, 3.05) is 26.8 Å². The van der Waals surface area contributed by atoms with Crippen LogP contribution in [0.1, 0.15) is 17.7 Å². The van der Waals surface area contributed by atoms with Crippen LogP contribution in [0.2, 0.25) is 0 Å². The van der Waals surface area contributed by atoms with Gasteiger partial charge >= 0.3 is 0 Å². The Balaban J connectivity index is 2.07. The zero-order valence-electron chi connectivity index (χ0n) is 9.62. The molecular weight excluding hydrogens is 188 g/mol. The summed E-state index contributed by atoms with van der Waals surface area (Å²) in [5, 5.41) is 3.32. The minimum Gasteiger partial charge on any atom is -0.383 e. The van der Waals surface area contributed by atoms with Gasteiger partial charge in [0.2, 0.25) is 0 Å². The minimum absolute atomic E-state index is 0.784. The van der Waals surface area contributed by atoms with E-state index < -0.39 is 0 Å². The molecule has 1 N–H and O–H groups in total. The lowest BCUT2D eigenvalue weighted by Crippen LogP contribution is -2.20. The van der Waals surface area contributed by atoms with Crippen LogP contribution in [0.25, 0.3) is 0 Å². The van der Waals surface area contributed by atoms with Gasteiger partial charge in [0.15, 0.2) is 0 Å². The topological polar surface area (TPSA) is 34.1 Å². The minimum atomic E-state index is 0.784. The largest absolute Gasteiger partial charge is 0.383 e. The predicted molar refractivity (Wildman–Crippen MR) is 62.0 cm³/mol. The molecule has 84 valence electrons. The number of hydrogen-bond acceptors (Lipinski definition) is 3. The van der Waals surface area contributed by atoms with Gasteiger partial charge in [0.05, 0.1) is 6.61 Å². The van der Waals surface area contributed by atoms with Crippen molar-refractivity contribution in [2.24, 2.45) is 0 Å². The number of nitrogens with zero attached hydrogens (tertiary/aromatic N) is 1. The molecule has 0 aliphatic heterocycles. The molecule has 0 bridgehead atoms. The Morgan fingerprint density at radius 1 is 1.33 bits per heavy atom. The van der Waals surface area contributed by atoms with Crippen LogP contribution < -0.4 is 5.32 Å². The van der Waals surface area contributed by atoms with E-state index in [0.717, 1.165) is 38.2 Å². The van der Waals surface area contributed by atoms with Crippen LogP contribution in [-0.2, 0) is 11.2 Å².